The van der Waals surface area contributed by atoms with Gasteiger partial charge in [0, 0.05) is 22.8 Å². The number of pyridine rings is 1. The van der Waals surface area contributed by atoms with E-state index >= 15 is 0 Å². The SMILES string of the molecule is Clc1ccc(Oc2ccncc2-n2nncc2-c2ccccc2)c(Cl)c1. The van der Waals surface area contributed by atoms with Gasteiger partial charge in [-0.25, -0.2) is 4.68 Å². The lowest BCUT2D eigenvalue weighted by molar-refractivity contribution is 0.477. The number of aromatic nitrogens is 4. The molecule has 0 aliphatic carbocycles. The van der Waals surface area contributed by atoms with Crippen LogP contribution < -0.4 is 4.74 Å². The molecule has 0 saturated heterocycles. The van der Waals surface area contributed by atoms with E-state index in [1.165, 1.54) is 0 Å². The number of rotatable bonds is 4. The second-order valence-electron chi connectivity index (χ2n) is 5.42. The highest BCUT2D eigenvalue weighted by atomic mass is 35.5. The van der Waals surface area contributed by atoms with E-state index in [-0.39, 0.29) is 0 Å². The van der Waals surface area contributed by atoms with Crippen molar-refractivity contribution in [1.29, 1.82) is 0 Å². The smallest absolute Gasteiger partial charge is 0.156 e. The molecular weight excluding hydrogens is 371 g/mol. The van der Waals surface area contributed by atoms with Crippen molar-refractivity contribution in [3.63, 3.8) is 0 Å². The van der Waals surface area contributed by atoms with Crippen molar-refractivity contribution < 1.29 is 4.74 Å². The molecule has 0 saturated carbocycles. The number of halogens is 2. The molecule has 4 rings (SSSR count). The molecule has 2 aromatic carbocycles. The Hall–Kier alpha value is -2.89. The quantitative estimate of drug-likeness (QED) is 0.472. The molecule has 0 fully saturated rings. The molecule has 0 radical (unpaired) electrons. The molecule has 2 heterocycles. The molecular formula is C19H12Cl2N4O. The zero-order chi connectivity index (χ0) is 17.9. The molecule has 0 N–H and O–H groups in total. The average Bonchev–Trinajstić information content (AvgIpc) is 3.15. The Bertz CT molecular complexity index is 1050. The van der Waals surface area contributed by atoms with Gasteiger partial charge in [-0.2, -0.15) is 0 Å². The molecule has 0 amide bonds. The highest BCUT2D eigenvalue weighted by Gasteiger charge is 2.15. The van der Waals surface area contributed by atoms with E-state index in [1.807, 2.05) is 30.3 Å². The van der Waals surface area contributed by atoms with Gasteiger partial charge >= 0.3 is 0 Å². The summed E-state index contributed by atoms with van der Waals surface area (Å²) >= 11 is 12.2. The van der Waals surface area contributed by atoms with E-state index in [0.717, 1.165) is 11.3 Å². The highest BCUT2D eigenvalue weighted by molar-refractivity contribution is 6.35. The first-order valence-corrected chi connectivity index (χ1v) is 8.51. The summed E-state index contributed by atoms with van der Waals surface area (Å²) in [7, 11) is 0. The Morgan fingerprint density at radius 1 is 0.885 bits per heavy atom. The topological polar surface area (TPSA) is 52.8 Å². The molecule has 128 valence electrons. The summed E-state index contributed by atoms with van der Waals surface area (Å²) in [5, 5.41) is 9.19. The van der Waals surface area contributed by atoms with Gasteiger partial charge in [-0.3, -0.25) is 4.98 Å². The van der Waals surface area contributed by atoms with Gasteiger partial charge in [0.2, 0.25) is 0 Å². The minimum atomic E-state index is 0.419. The summed E-state index contributed by atoms with van der Waals surface area (Å²) in [5.74, 6) is 1.04. The zero-order valence-corrected chi connectivity index (χ0v) is 14.9. The van der Waals surface area contributed by atoms with Crippen molar-refractivity contribution in [1.82, 2.24) is 20.0 Å². The van der Waals surface area contributed by atoms with E-state index in [4.69, 9.17) is 27.9 Å². The van der Waals surface area contributed by atoms with Gasteiger partial charge in [0.05, 0.1) is 23.1 Å². The third kappa shape index (κ3) is 3.27. The molecule has 0 unspecified atom stereocenters. The Kier molecular flexibility index (Phi) is 4.56. The number of ether oxygens (including phenoxy) is 1. The molecule has 0 aliphatic rings. The van der Waals surface area contributed by atoms with Crippen LogP contribution in [0.5, 0.6) is 11.5 Å². The normalized spacial score (nSPS) is 10.7. The van der Waals surface area contributed by atoms with Crippen LogP contribution in [0.25, 0.3) is 16.9 Å². The summed E-state index contributed by atoms with van der Waals surface area (Å²) in [5.41, 5.74) is 2.46. The van der Waals surface area contributed by atoms with E-state index in [1.54, 1.807) is 47.5 Å². The maximum Gasteiger partial charge on any atom is 0.156 e. The number of nitrogens with zero attached hydrogens (tertiary/aromatic N) is 4. The Balaban J connectivity index is 1.77. The van der Waals surface area contributed by atoms with Crippen molar-refractivity contribution in [2.75, 3.05) is 0 Å². The van der Waals surface area contributed by atoms with Crippen molar-refractivity contribution in [3.8, 4) is 28.4 Å². The minimum absolute atomic E-state index is 0.419. The van der Waals surface area contributed by atoms with Crippen LogP contribution >= 0.6 is 23.2 Å². The van der Waals surface area contributed by atoms with E-state index < -0.39 is 0 Å². The van der Waals surface area contributed by atoms with Crippen LogP contribution in [-0.4, -0.2) is 20.0 Å². The van der Waals surface area contributed by atoms with Crippen LogP contribution in [0, 0.1) is 0 Å². The van der Waals surface area contributed by atoms with Crippen LogP contribution in [-0.2, 0) is 0 Å². The van der Waals surface area contributed by atoms with Crippen LogP contribution in [0.1, 0.15) is 0 Å². The Labute approximate surface area is 159 Å². The van der Waals surface area contributed by atoms with Crippen LogP contribution in [0.3, 0.4) is 0 Å². The van der Waals surface area contributed by atoms with Gasteiger partial charge in [-0.05, 0) is 18.2 Å². The molecule has 5 nitrogen and oxygen atoms in total. The molecule has 0 atom stereocenters. The fourth-order valence-corrected chi connectivity index (χ4v) is 2.96. The predicted molar refractivity (Wildman–Crippen MR) is 101 cm³/mol. The predicted octanol–water partition coefficient (Wildman–Crippen LogP) is 5.43. The Morgan fingerprint density at radius 2 is 1.73 bits per heavy atom. The third-order valence-electron chi connectivity index (χ3n) is 3.72. The average molecular weight is 383 g/mol. The summed E-state index contributed by atoms with van der Waals surface area (Å²) in [6.07, 6.45) is 5.00. The van der Waals surface area contributed by atoms with Gasteiger partial charge in [-0.15, -0.1) is 5.10 Å². The molecule has 26 heavy (non-hydrogen) atoms. The summed E-state index contributed by atoms with van der Waals surface area (Å²) in [6, 6.07) is 16.7. The second kappa shape index (κ2) is 7.15. The van der Waals surface area contributed by atoms with E-state index in [9.17, 15) is 0 Å². The van der Waals surface area contributed by atoms with Gasteiger partial charge < -0.3 is 4.74 Å². The van der Waals surface area contributed by atoms with Gasteiger partial charge in [0.25, 0.3) is 0 Å². The molecule has 2 aromatic heterocycles. The van der Waals surface area contributed by atoms with Crippen LogP contribution in [0.15, 0.2) is 73.2 Å². The monoisotopic (exact) mass is 382 g/mol. The van der Waals surface area contributed by atoms with Gasteiger partial charge in [0.15, 0.2) is 5.75 Å². The zero-order valence-electron chi connectivity index (χ0n) is 13.4. The second-order valence-corrected chi connectivity index (χ2v) is 6.26. The maximum absolute atomic E-state index is 6.22. The number of hydrogen-bond acceptors (Lipinski definition) is 4. The third-order valence-corrected chi connectivity index (χ3v) is 4.25. The molecule has 0 spiro atoms. The fraction of sp³-hybridized carbons (Fsp3) is 0. The first-order valence-electron chi connectivity index (χ1n) is 7.76. The highest BCUT2D eigenvalue weighted by Crippen LogP contribution is 2.34. The maximum atomic E-state index is 6.22. The minimum Gasteiger partial charge on any atom is -0.453 e. The van der Waals surface area contributed by atoms with Crippen molar-refractivity contribution in [2.24, 2.45) is 0 Å². The lowest BCUT2D eigenvalue weighted by atomic mass is 10.1. The molecule has 0 aliphatic heterocycles. The molecule has 0 bridgehead atoms. The number of hydrogen-bond donors (Lipinski definition) is 0. The van der Waals surface area contributed by atoms with Gasteiger partial charge in [0.1, 0.15) is 11.4 Å². The standard InChI is InChI=1S/C19H12Cl2N4O/c20-14-6-7-18(15(21)10-14)26-19-8-9-22-11-17(19)25-16(12-23-24-25)13-4-2-1-3-5-13/h1-12H. The van der Waals surface area contributed by atoms with E-state index in [0.29, 0.717) is 27.2 Å². The summed E-state index contributed by atoms with van der Waals surface area (Å²) < 4.78 is 7.67. The fourth-order valence-electron chi connectivity index (χ4n) is 2.51. The van der Waals surface area contributed by atoms with Crippen molar-refractivity contribution in [3.05, 3.63) is 83.2 Å². The lowest BCUT2D eigenvalue weighted by Crippen LogP contribution is -2.02. The van der Waals surface area contributed by atoms with Crippen LogP contribution in [0.2, 0.25) is 10.0 Å². The molecule has 4 aromatic rings. The van der Waals surface area contributed by atoms with E-state index in [2.05, 4.69) is 15.3 Å². The van der Waals surface area contributed by atoms with Crippen molar-refractivity contribution >= 4 is 23.2 Å². The Morgan fingerprint density at radius 3 is 2.54 bits per heavy atom. The summed E-state index contributed by atoms with van der Waals surface area (Å²) in [6.45, 7) is 0. The first kappa shape index (κ1) is 16.6. The number of benzene rings is 2. The first-order chi connectivity index (χ1) is 12.7. The molecule has 7 heteroatoms. The van der Waals surface area contributed by atoms with Gasteiger partial charge in [-0.1, -0.05) is 58.7 Å². The van der Waals surface area contributed by atoms with Crippen LogP contribution in [0.4, 0.5) is 0 Å². The largest absolute Gasteiger partial charge is 0.453 e. The van der Waals surface area contributed by atoms with Crippen molar-refractivity contribution in [2.45, 2.75) is 0 Å². The summed E-state index contributed by atoms with van der Waals surface area (Å²) in [4.78, 5) is 4.19. The lowest BCUT2D eigenvalue weighted by Gasteiger charge is -2.13.